The average molecular weight is 669 g/mol. The molecule has 2 aliphatic rings. The number of amides is 1. The van der Waals surface area contributed by atoms with Crippen LogP contribution in [0.4, 0.5) is 19.0 Å². The quantitative estimate of drug-likeness (QED) is 0.152. The zero-order chi connectivity index (χ0) is 33.0. The molecule has 2 saturated heterocycles. The molecule has 246 valence electrons. The topological polar surface area (TPSA) is 116 Å². The maximum Gasteiger partial charge on any atom is 0.418 e. The van der Waals surface area contributed by atoms with E-state index in [1.165, 1.54) is 22.5 Å². The van der Waals surface area contributed by atoms with Crippen molar-refractivity contribution in [1.29, 1.82) is 0 Å². The molecule has 10 nitrogen and oxygen atoms in total. The number of benzene rings is 1. The first-order chi connectivity index (χ1) is 21.1. The zero-order valence-corrected chi connectivity index (χ0v) is 27.9. The Bertz CT molecular complexity index is 1460. The predicted molar refractivity (Wildman–Crippen MR) is 167 cm³/mol. The summed E-state index contributed by atoms with van der Waals surface area (Å²) in [5.41, 5.74) is -0.164. The Kier molecular flexibility index (Phi) is 11.2. The largest absolute Gasteiger partial charge is 0.418 e. The lowest BCUT2D eigenvalue weighted by Gasteiger charge is -2.37. The lowest BCUT2D eigenvalue weighted by molar-refractivity contribution is -0.146. The van der Waals surface area contributed by atoms with Gasteiger partial charge in [-0.15, -0.1) is 11.8 Å². The van der Waals surface area contributed by atoms with Gasteiger partial charge in [0.1, 0.15) is 18.6 Å². The fraction of sp³-hybridized carbons (Fsp3) is 0.567. The van der Waals surface area contributed by atoms with Crippen molar-refractivity contribution in [3.63, 3.8) is 0 Å². The number of ether oxygens (including phenoxy) is 3. The number of nitrogens with zero attached hydrogens (tertiary/aromatic N) is 2. The van der Waals surface area contributed by atoms with Gasteiger partial charge in [0.05, 0.1) is 30.8 Å². The number of anilines is 1. The van der Waals surface area contributed by atoms with Crippen molar-refractivity contribution in [3.05, 3.63) is 58.1 Å². The van der Waals surface area contributed by atoms with Gasteiger partial charge in [-0.2, -0.15) is 18.2 Å². The summed E-state index contributed by atoms with van der Waals surface area (Å²) in [5, 5.41) is 5.19. The van der Waals surface area contributed by atoms with Gasteiger partial charge in [0.15, 0.2) is 20.2 Å². The fourth-order valence-electron chi connectivity index (χ4n) is 4.30. The maximum absolute atomic E-state index is 13.3. The summed E-state index contributed by atoms with van der Waals surface area (Å²) >= 11 is 1.52. The lowest BCUT2D eigenvalue weighted by atomic mass is 10.2. The van der Waals surface area contributed by atoms with E-state index in [1.807, 2.05) is 6.26 Å². The third-order valence-corrected chi connectivity index (χ3v) is 12.8. The van der Waals surface area contributed by atoms with Crippen molar-refractivity contribution in [3.8, 4) is 11.8 Å². The van der Waals surface area contributed by atoms with Gasteiger partial charge in [-0.25, -0.2) is 4.79 Å². The van der Waals surface area contributed by atoms with E-state index in [1.54, 1.807) is 30.3 Å². The van der Waals surface area contributed by atoms with Crippen LogP contribution in [0.5, 0.6) is 0 Å². The molecule has 2 N–H and O–H groups in total. The summed E-state index contributed by atoms with van der Waals surface area (Å²) in [7, 11) is -2.10. The van der Waals surface area contributed by atoms with Gasteiger partial charge in [0.25, 0.3) is 5.91 Å². The average Bonchev–Trinajstić information content (AvgIpc) is 3.66. The Labute approximate surface area is 265 Å². The Hall–Kier alpha value is -2.71. The van der Waals surface area contributed by atoms with E-state index in [0.717, 1.165) is 0 Å². The molecular formula is C30H39F3N4O6SSi. The summed E-state index contributed by atoms with van der Waals surface area (Å²) in [6.45, 7) is 10.9. The van der Waals surface area contributed by atoms with Gasteiger partial charge in [-0.05, 0) is 36.5 Å². The first kappa shape index (κ1) is 35.1. The van der Waals surface area contributed by atoms with Gasteiger partial charge in [-0.1, -0.05) is 50.8 Å². The van der Waals surface area contributed by atoms with Crippen molar-refractivity contribution in [2.75, 3.05) is 30.7 Å². The van der Waals surface area contributed by atoms with Gasteiger partial charge >= 0.3 is 11.9 Å². The number of carbonyl (C=O) groups excluding carboxylic acids is 1. The highest BCUT2D eigenvalue weighted by Gasteiger charge is 2.58. The van der Waals surface area contributed by atoms with Crippen LogP contribution in [0.25, 0.3) is 0 Å². The molecule has 0 spiro atoms. The Morgan fingerprint density at radius 1 is 1.20 bits per heavy atom. The molecule has 3 heterocycles. The van der Waals surface area contributed by atoms with Crippen molar-refractivity contribution in [1.82, 2.24) is 14.9 Å². The molecule has 0 saturated carbocycles. The minimum atomic E-state index is -4.47. The number of carbonyl (C=O) groups is 1. The Balaban J connectivity index is 1.57. The molecule has 15 heteroatoms. The SMILES string of the molecule is CSCOC1CC(n2cc(C#CCNC3OC3C(F)(F)F)c(NC(=O)c3ccccc3)nc2=O)OC1CO[Si](C)(C)C(C)(C)C. The highest BCUT2D eigenvalue weighted by molar-refractivity contribution is 7.98. The van der Waals surface area contributed by atoms with Crippen LogP contribution < -0.4 is 16.3 Å². The van der Waals surface area contributed by atoms with Crippen molar-refractivity contribution < 1.29 is 36.6 Å². The molecule has 0 radical (unpaired) electrons. The van der Waals surface area contributed by atoms with Gasteiger partial charge in [-0.3, -0.25) is 14.7 Å². The predicted octanol–water partition coefficient (Wildman–Crippen LogP) is 4.74. The monoisotopic (exact) mass is 668 g/mol. The van der Waals surface area contributed by atoms with Crippen molar-refractivity contribution in [2.45, 2.75) is 82.3 Å². The van der Waals surface area contributed by atoms with E-state index in [2.05, 4.69) is 66.1 Å². The molecule has 5 unspecified atom stereocenters. The second-order valence-electron chi connectivity index (χ2n) is 12.3. The molecule has 45 heavy (non-hydrogen) atoms. The number of epoxide rings is 1. The summed E-state index contributed by atoms with van der Waals surface area (Å²) < 4.78 is 63.0. The number of hydrogen-bond acceptors (Lipinski definition) is 9. The van der Waals surface area contributed by atoms with Crippen LogP contribution in [0.1, 0.15) is 49.3 Å². The standard InChI is InChI=1S/C30H39F3N4O6SSi/c1-29(2,3)45(5,6)41-17-22-21(40-18-44-4)15-23(42-22)37-16-20(13-10-14-34-27-24(43-27)30(31,32)33)25(36-28(37)39)35-26(38)19-11-8-7-9-12-19/h7-9,11-12,16,21-24,27,34H,14-15,17-18H2,1-6H3,(H,35,36,38,39). The Morgan fingerprint density at radius 3 is 2.53 bits per heavy atom. The van der Waals surface area contributed by atoms with E-state index in [9.17, 15) is 22.8 Å². The molecule has 1 aromatic heterocycles. The second-order valence-corrected chi connectivity index (χ2v) is 17.9. The molecule has 0 aliphatic carbocycles. The van der Waals surface area contributed by atoms with Crippen LogP contribution in [0.2, 0.25) is 18.1 Å². The number of hydrogen-bond donors (Lipinski definition) is 2. The van der Waals surface area contributed by atoms with Crippen molar-refractivity contribution >= 4 is 31.8 Å². The molecule has 4 rings (SSSR count). The fourth-order valence-corrected chi connectivity index (χ4v) is 5.62. The van der Waals surface area contributed by atoms with Crippen LogP contribution in [0, 0.1) is 11.8 Å². The van der Waals surface area contributed by atoms with E-state index >= 15 is 0 Å². The van der Waals surface area contributed by atoms with Crippen LogP contribution in [0.3, 0.4) is 0 Å². The number of rotatable bonds is 11. The third kappa shape index (κ3) is 9.19. The van der Waals surface area contributed by atoms with E-state index in [4.69, 9.17) is 13.9 Å². The molecular weight excluding hydrogens is 629 g/mol. The molecule has 2 aliphatic heterocycles. The van der Waals surface area contributed by atoms with E-state index in [-0.39, 0.29) is 29.1 Å². The van der Waals surface area contributed by atoms with E-state index in [0.29, 0.717) is 24.5 Å². The van der Waals surface area contributed by atoms with E-state index < -0.39 is 50.8 Å². The van der Waals surface area contributed by atoms with Gasteiger partial charge in [0, 0.05) is 18.2 Å². The zero-order valence-electron chi connectivity index (χ0n) is 26.1. The first-order valence-electron chi connectivity index (χ1n) is 14.4. The molecule has 2 aromatic rings. The maximum atomic E-state index is 13.3. The molecule has 2 fully saturated rings. The summed E-state index contributed by atoms with van der Waals surface area (Å²) in [5.74, 6) is 5.39. The summed E-state index contributed by atoms with van der Waals surface area (Å²) in [4.78, 5) is 30.3. The normalized spacial score (nSPS) is 23.4. The highest BCUT2D eigenvalue weighted by atomic mass is 32.2. The molecule has 5 atom stereocenters. The third-order valence-electron chi connectivity index (χ3n) is 7.95. The number of nitrogens with one attached hydrogen (secondary N) is 2. The van der Waals surface area contributed by atoms with Crippen molar-refractivity contribution in [2.24, 2.45) is 0 Å². The molecule has 1 amide bonds. The minimum Gasteiger partial charge on any atom is -0.414 e. The lowest BCUT2D eigenvalue weighted by Crippen LogP contribution is -2.44. The Morgan fingerprint density at radius 2 is 1.91 bits per heavy atom. The summed E-state index contributed by atoms with van der Waals surface area (Å²) in [6, 6.07) is 8.35. The van der Waals surface area contributed by atoms with Gasteiger partial charge < -0.3 is 24.0 Å². The van der Waals surface area contributed by atoms with Crippen LogP contribution in [-0.2, 0) is 18.6 Å². The molecule has 1 aromatic carbocycles. The second kappa shape index (κ2) is 14.4. The van der Waals surface area contributed by atoms with Crippen LogP contribution >= 0.6 is 11.8 Å². The van der Waals surface area contributed by atoms with Gasteiger partial charge in [0.2, 0.25) is 0 Å². The van der Waals surface area contributed by atoms with Crippen LogP contribution in [0.15, 0.2) is 41.3 Å². The smallest absolute Gasteiger partial charge is 0.414 e. The minimum absolute atomic E-state index is 0.0107. The number of alkyl halides is 3. The highest BCUT2D eigenvalue weighted by Crippen LogP contribution is 2.38. The number of halogens is 3. The van der Waals surface area contributed by atoms with Crippen LogP contribution in [-0.4, -0.2) is 79.8 Å². The number of thioether (sulfide) groups is 1. The summed E-state index contributed by atoms with van der Waals surface area (Å²) in [6.07, 6.45) is -5.38. The molecule has 0 bridgehead atoms. The first-order valence-corrected chi connectivity index (χ1v) is 18.7. The number of aromatic nitrogens is 2.